The quantitative estimate of drug-likeness (QED) is 0.0261. The second-order valence-electron chi connectivity index (χ2n) is 18.7. The molecule has 7 atom stereocenters. The molecule has 0 radical (unpaired) electrons. The van der Waals surface area contributed by atoms with Gasteiger partial charge >= 0.3 is 0 Å². The lowest BCUT2D eigenvalue weighted by atomic mass is 9.99. The molecule has 0 aromatic heterocycles. The van der Waals surface area contributed by atoms with Gasteiger partial charge < -0.3 is 40.3 Å². The zero-order chi connectivity index (χ0) is 45.9. The van der Waals surface area contributed by atoms with Crippen molar-refractivity contribution in [3.8, 4) is 0 Å². The minimum atomic E-state index is -1.56. The zero-order valence-electron chi connectivity index (χ0n) is 40.8. The first-order valence-corrected chi connectivity index (χ1v) is 26.7. The predicted molar refractivity (Wildman–Crippen MR) is 263 cm³/mol. The van der Waals surface area contributed by atoms with Crippen molar-refractivity contribution in [1.82, 2.24) is 5.32 Å². The molecule has 370 valence electrons. The predicted octanol–water partition coefficient (Wildman–Crippen LogP) is 12.4. The lowest BCUT2D eigenvalue weighted by Gasteiger charge is -2.40. The van der Waals surface area contributed by atoms with E-state index in [1.807, 2.05) is 0 Å². The molecule has 0 aliphatic carbocycles. The molecule has 1 amide bonds. The van der Waals surface area contributed by atoms with Gasteiger partial charge in [-0.25, -0.2) is 0 Å². The fourth-order valence-electron chi connectivity index (χ4n) is 8.46. The number of aliphatic hydroxyl groups is 5. The summed E-state index contributed by atoms with van der Waals surface area (Å²) in [4.78, 5) is 13.0. The number of carbonyl (C=O) groups excluding carboxylic acids is 1. The first-order valence-electron chi connectivity index (χ1n) is 26.7. The molecule has 1 fully saturated rings. The molecule has 0 bridgehead atoms. The van der Waals surface area contributed by atoms with Gasteiger partial charge in [0.1, 0.15) is 24.4 Å². The van der Waals surface area contributed by atoms with E-state index in [0.717, 1.165) is 64.2 Å². The molecule has 9 heteroatoms. The number of allylic oxidation sites excluding steroid dienone is 6. The van der Waals surface area contributed by atoms with E-state index in [0.29, 0.717) is 12.8 Å². The Morgan fingerprint density at radius 3 is 1.38 bits per heavy atom. The highest BCUT2D eigenvalue weighted by Gasteiger charge is 2.44. The number of nitrogens with one attached hydrogen (secondary N) is 1. The van der Waals surface area contributed by atoms with E-state index in [-0.39, 0.29) is 12.5 Å². The summed E-state index contributed by atoms with van der Waals surface area (Å²) in [5.41, 5.74) is 0. The van der Waals surface area contributed by atoms with Gasteiger partial charge in [-0.3, -0.25) is 4.79 Å². The first kappa shape index (κ1) is 59.4. The second kappa shape index (κ2) is 44.3. The molecule has 1 aliphatic rings. The van der Waals surface area contributed by atoms with Gasteiger partial charge in [-0.05, 0) is 51.4 Å². The van der Waals surface area contributed by atoms with Crippen LogP contribution in [0.4, 0.5) is 0 Å². The van der Waals surface area contributed by atoms with Crippen LogP contribution in [0.3, 0.4) is 0 Å². The molecule has 6 N–H and O–H groups in total. The fraction of sp³-hybridized carbons (Fsp3) is 0.870. The molecule has 1 rings (SSSR count). The molecule has 1 heterocycles. The van der Waals surface area contributed by atoms with Crippen molar-refractivity contribution in [2.45, 2.75) is 288 Å². The smallest absolute Gasteiger partial charge is 0.220 e. The number of hydrogen-bond donors (Lipinski definition) is 6. The standard InChI is InChI=1S/C54H101NO8/c1-3-5-7-9-11-13-15-17-19-21-23-24-26-28-30-32-34-36-38-40-42-44-50(58)55-47(46-62-54-53(61)52(60)51(59)49(45-56)63-54)48(57)43-41-39-37-35-33-31-29-27-25-22-20-18-16-14-12-10-8-6-4-2/h15,17,21,23,26,28,47-49,51-54,56-57,59-61H,3-14,16,18-20,22,24-25,27,29-46H2,1-2H3,(H,55,58)/b17-15-,23-21-,28-26-. The van der Waals surface area contributed by atoms with Crippen molar-refractivity contribution < 1.29 is 39.8 Å². The molecular weight excluding hydrogens is 791 g/mol. The van der Waals surface area contributed by atoms with Crippen molar-refractivity contribution >= 4 is 5.91 Å². The fourth-order valence-corrected chi connectivity index (χ4v) is 8.46. The maximum Gasteiger partial charge on any atom is 0.220 e. The van der Waals surface area contributed by atoms with Gasteiger partial charge in [-0.1, -0.05) is 224 Å². The van der Waals surface area contributed by atoms with E-state index in [1.54, 1.807) is 0 Å². The maximum atomic E-state index is 13.0. The van der Waals surface area contributed by atoms with Gasteiger partial charge in [0.2, 0.25) is 5.91 Å². The number of rotatable bonds is 45. The number of ether oxygens (including phenoxy) is 2. The van der Waals surface area contributed by atoms with Gasteiger partial charge in [0, 0.05) is 6.42 Å². The Bertz CT molecular complexity index is 1080. The largest absolute Gasteiger partial charge is 0.394 e. The van der Waals surface area contributed by atoms with E-state index >= 15 is 0 Å². The minimum absolute atomic E-state index is 0.143. The van der Waals surface area contributed by atoms with Crippen molar-refractivity contribution in [2.24, 2.45) is 0 Å². The first-order chi connectivity index (χ1) is 30.8. The van der Waals surface area contributed by atoms with Crippen LogP contribution in [-0.2, 0) is 14.3 Å². The Labute approximate surface area is 387 Å². The molecule has 0 aromatic rings. The maximum absolute atomic E-state index is 13.0. The molecule has 63 heavy (non-hydrogen) atoms. The molecule has 7 unspecified atom stereocenters. The highest BCUT2D eigenvalue weighted by atomic mass is 16.7. The normalized spacial score (nSPS) is 20.4. The minimum Gasteiger partial charge on any atom is -0.394 e. The summed E-state index contributed by atoms with van der Waals surface area (Å²) in [6.45, 7) is 3.83. The average Bonchev–Trinajstić information content (AvgIpc) is 3.28. The summed E-state index contributed by atoms with van der Waals surface area (Å²) in [7, 11) is 0. The Morgan fingerprint density at radius 1 is 0.540 bits per heavy atom. The van der Waals surface area contributed by atoms with Crippen LogP contribution < -0.4 is 5.32 Å². The van der Waals surface area contributed by atoms with Crippen LogP contribution in [0, 0.1) is 0 Å². The summed E-state index contributed by atoms with van der Waals surface area (Å²) in [6.07, 6.45) is 48.6. The number of carbonyl (C=O) groups is 1. The van der Waals surface area contributed by atoms with Gasteiger partial charge in [0.15, 0.2) is 6.29 Å². The van der Waals surface area contributed by atoms with E-state index in [2.05, 4.69) is 55.6 Å². The zero-order valence-corrected chi connectivity index (χ0v) is 40.8. The second-order valence-corrected chi connectivity index (χ2v) is 18.7. The van der Waals surface area contributed by atoms with Crippen LogP contribution in [0.25, 0.3) is 0 Å². The van der Waals surface area contributed by atoms with Crippen LogP contribution >= 0.6 is 0 Å². The van der Waals surface area contributed by atoms with Crippen LogP contribution in [0.2, 0.25) is 0 Å². The van der Waals surface area contributed by atoms with Gasteiger partial charge in [0.25, 0.3) is 0 Å². The lowest BCUT2D eigenvalue weighted by Crippen LogP contribution is -2.60. The van der Waals surface area contributed by atoms with Crippen molar-refractivity contribution in [3.63, 3.8) is 0 Å². The Balaban J connectivity index is 2.27. The van der Waals surface area contributed by atoms with Gasteiger partial charge in [0.05, 0.1) is 25.4 Å². The van der Waals surface area contributed by atoms with Crippen LogP contribution in [0.15, 0.2) is 36.5 Å². The van der Waals surface area contributed by atoms with Crippen LogP contribution in [0.1, 0.15) is 245 Å². The molecule has 0 saturated carbocycles. The summed E-state index contributed by atoms with van der Waals surface area (Å²) >= 11 is 0. The number of unbranched alkanes of at least 4 members (excludes halogenated alkanes) is 29. The number of amides is 1. The third kappa shape index (κ3) is 34.4. The van der Waals surface area contributed by atoms with Crippen LogP contribution in [0.5, 0.6) is 0 Å². The van der Waals surface area contributed by atoms with Crippen molar-refractivity contribution in [1.29, 1.82) is 0 Å². The number of hydrogen-bond acceptors (Lipinski definition) is 8. The van der Waals surface area contributed by atoms with Crippen LogP contribution in [-0.4, -0.2) is 87.5 Å². The monoisotopic (exact) mass is 892 g/mol. The van der Waals surface area contributed by atoms with Gasteiger partial charge in [-0.15, -0.1) is 0 Å². The Kier molecular flexibility index (Phi) is 41.7. The Hall–Kier alpha value is -1.59. The lowest BCUT2D eigenvalue weighted by molar-refractivity contribution is -0.302. The van der Waals surface area contributed by atoms with Gasteiger partial charge in [-0.2, -0.15) is 0 Å². The molecule has 1 saturated heterocycles. The highest BCUT2D eigenvalue weighted by molar-refractivity contribution is 5.76. The highest BCUT2D eigenvalue weighted by Crippen LogP contribution is 2.23. The van der Waals surface area contributed by atoms with Crippen molar-refractivity contribution in [3.05, 3.63) is 36.5 Å². The van der Waals surface area contributed by atoms with E-state index in [9.17, 15) is 30.3 Å². The SMILES string of the molecule is CCCCCCC/C=C\C/C=C\C/C=C\CCCCCCCCC(=O)NC(COC1OC(CO)C(O)C(O)C1O)C(O)CCCCCCCCCCCCCCCCCCCCC. The third-order valence-electron chi connectivity index (χ3n) is 12.7. The summed E-state index contributed by atoms with van der Waals surface area (Å²) in [5, 5.41) is 54.6. The third-order valence-corrected chi connectivity index (χ3v) is 12.7. The molecular formula is C54H101NO8. The summed E-state index contributed by atoms with van der Waals surface area (Å²) < 4.78 is 11.3. The molecule has 9 nitrogen and oxygen atoms in total. The van der Waals surface area contributed by atoms with E-state index < -0.39 is 49.5 Å². The average molecular weight is 892 g/mol. The Morgan fingerprint density at radius 2 is 0.937 bits per heavy atom. The molecule has 0 spiro atoms. The number of aliphatic hydroxyl groups excluding tert-OH is 5. The molecule has 0 aromatic carbocycles. The van der Waals surface area contributed by atoms with Crippen molar-refractivity contribution in [2.75, 3.05) is 13.2 Å². The molecule has 1 aliphatic heterocycles. The summed E-state index contributed by atoms with van der Waals surface area (Å²) in [6, 6.07) is -0.726. The topological polar surface area (TPSA) is 149 Å². The van der Waals surface area contributed by atoms with E-state index in [4.69, 9.17) is 9.47 Å². The summed E-state index contributed by atoms with van der Waals surface area (Å²) in [5.74, 6) is -0.155. The van der Waals surface area contributed by atoms with E-state index in [1.165, 1.54) is 154 Å².